The lowest BCUT2D eigenvalue weighted by Crippen LogP contribution is -2.15. The van der Waals surface area contributed by atoms with Crippen molar-refractivity contribution < 1.29 is 14.3 Å². The summed E-state index contributed by atoms with van der Waals surface area (Å²) in [5.74, 6) is 0. The molecule has 0 aromatic rings. The molecule has 0 N–H and O–H groups in total. The van der Waals surface area contributed by atoms with Crippen molar-refractivity contribution in [3.05, 3.63) is 0 Å². The molecule has 0 saturated heterocycles. The van der Waals surface area contributed by atoms with Gasteiger partial charge < -0.3 is 9.47 Å². The monoisotopic (exact) mass is 162 g/mol. The lowest BCUT2D eigenvalue weighted by atomic mass is 10.2. The van der Waals surface area contributed by atoms with E-state index in [2.05, 4.69) is 4.74 Å². The third kappa shape index (κ3) is 26.5. The van der Waals surface area contributed by atoms with Gasteiger partial charge in [0.1, 0.15) is 0 Å². The van der Waals surface area contributed by atoms with Crippen molar-refractivity contribution >= 4 is 6.47 Å². The maximum atomic E-state index is 9.18. The van der Waals surface area contributed by atoms with E-state index >= 15 is 0 Å². The molecule has 0 heterocycles. The third-order valence-electron chi connectivity index (χ3n) is 0.847. The zero-order valence-corrected chi connectivity index (χ0v) is 8.01. The Morgan fingerprint density at radius 3 is 1.73 bits per heavy atom. The summed E-state index contributed by atoms with van der Waals surface area (Å²) in [6, 6.07) is 0. The minimum absolute atomic E-state index is 0.0417. The molecule has 0 aromatic heterocycles. The van der Waals surface area contributed by atoms with Gasteiger partial charge >= 0.3 is 0 Å². The molecule has 0 radical (unpaired) electrons. The minimum Gasteiger partial charge on any atom is -0.468 e. The fourth-order valence-electron chi connectivity index (χ4n) is 0.0680. The van der Waals surface area contributed by atoms with Crippen LogP contribution >= 0.6 is 0 Å². The molecular weight excluding hydrogens is 144 g/mol. The highest BCUT2D eigenvalue weighted by Gasteiger charge is 2.03. The summed E-state index contributed by atoms with van der Waals surface area (Å²) >= 11 is 0. The van der Waals surface area contributed by atoms with E-state index in [9.17, 15) is 4.79 Å². The smallest absolute Gasteiger partial charge is 0.293 e. The summed E-state index contributed by atoms with van der Waals surface area (Å²) < 4.78 is 9.09. The molecule has 0 aliphatic rings. The molecule has 0 saturated carbocycles. The summed E-state index contributed by atoms with van der Waals surface area (Å²) in [6.45, 7) is 8.73. The zero-order chi connectivity index (χ0) is 9.33. The standard InChI is InChI=1S/C5H12O.C3H6O2/c1-5(2,3)6-4;1-2-5-3-4/h1-4H3;3H,2H2,1H3. The molecular formula is C8H18O3. The number of carbonyl (C=O) groups excluding carboxylic acids is 1. The summed E-state index contributed by atoms with van der Waals surface area (Å²) in [6.07, 6.45) is 0. The fraction of sp³-hybridized carbons (Fsp3) is 0.875. The molecule has 0 aromatic carbocycles. The van der Waals surface area contributed by atoms with Crippen LogP contribution in [0.15, 0.2) is 0 Å². The van der Waals surface area contributed by atoms with E-state index < -0.39 is 0 Å². The van der Waals surface area contributed by atoms with Crippen molar-refractivity contribution in [2.75, 3.05) is 13.7 Å². The number of rotatable bonds is 2. The molecule has 68 valence electrons. The number of carbonyl (C=O) groups is 1. The van der Waals surface area contributed by atoms with Crippen LogP contribution in [0.2, 0.25) is 0 Å². The van der Waals surface area contributed by atoms with Crippen LogP contribution in [0.5, 0.6) is 0 Å². The van der Waals surface area contributed by atoms with Crippen LogP contribution in [0.1, 0.15) is 27.7 Å². The lowest BCUT2D eigenvalue weighted by Gasteiger charge is -2.14. The van der Waals surface area contributed by atoms with Crippen LogP contribution in [-0.2, 0) is 14.3 Å². The average molecular weight is 162 g/mol. The topological polar surface area (TPSA) is 35.5 Å². The summed E-state index contributed by atoms with van der Waals surface area (Å²) in [4.78, 5) is 9.18. The molecule has 0 fully saturated rings. The van der Waals surface area contributed by atoms with Crippen LogP contribution in [-0.4, -0.2) is 25.8 Å². The highest BCUT2D eigenvalue weighted by Crippen LogP contribution is 2.02. The Labute approximate surface area is 68.7 Å². The number of hydrogen-bond donors (Lipinski definition) is 0. The molecule has 0 unspecified atom stereocenters. The Hall–Kier alpha value is -0.570. The van der Waals surface area contributed by atoms with Gasteiger partial charge in [-0.2, -0.15) is 0 Å². The van der Waals surface area contributed by atoms with Crippen molar-refractivity contribution in [1.82, 2.24) is 0 Å². The van der Waals surface area contributed by atoms with Gasteiger partial charge in [0.2, 0.25) is 0 Å². The normalized spacial score (nSPS) is 9.55. The van der Waals surface area contributed by atoms with Gasteiger partial charge in [0.15, 0.2) is 0 Å². The zero-order valence-electron chi connectivity index (χ0n) is 8.01. The Bertz CT molecular complexity index is 83.8. The maximum absolute atomic E-state index is 9.18. The van der Waals surface area contributed by atoms with Crippen LogP contribution in [0.25, 0.3) is 0 Å². The van der Waals surface area contributed by atoms with E-state index in [4.69, 9.17) is 4.74 Å². The largest absolute Gasteiger partial charge is 0.468 e. The predicted octanol–water partition coefficient (Wildman–Crippen LogP) is 1.61. The van der Waals surface area contributed by atoms with E-state index in [0.29, 0.717) is 13.1 Å². The van der Waals surface area contributed by atoms with Crippen LogP contribution < -0.4 is 0 Å². The van der Waals surface area contributed by atoms with Gasteiger partial charge in [-0.1, -0.05) is 0 Å². The average Bonchev–Trinajstić information content (AvgIpc) is 1.90. The van der Waals surface area contributed by atoms with Gasteiger partial charge in [0, 0.05) is 7.11 Å². The van der Waals surface area contributed by atoms with Crippen molar-refractivity contribution in [3.8, 4) is 0 Å². The van der Waals surface area contributed by atoms with Gasteiger partial charge in [0.05, 0.1) is 12.2 Å². The fourth-order valence-corrected chi connectivity index (χ4v) is 0.0680. The molecule has 3 nitrogen and oxygen atoms in total. The van der Waals surface area contributed by atoms with Crippen molar-refractivity contribution in [2.24, 2.45) is 0 Å². The van der Waals surface area contributed by atoms with Gasteiger partial charge in [-0.05, 0) is 27.7 Å². The number of ether oxygens (including phenoxy) is 2. The Balaban J connectivity index is 0. The number of hydrogen-bond acceptors (Lipinski definition) is 3. The molecule has 0 rings (SSSR count). The molecule has 0 atom stereocenters. The van der Waals surface area contributed by atoms with Gasteiger partial charge in [-0.3, -0.25) is 4.79 Å². The SMILES string of the molecule is CCOC=O.COC(C)(C)C. The van der Waals surface area contributed by atoms with Crippen molar-refractivity contribution in [2.45, 2.75) is 33.3 Å². The summed E-state index contributed by atoms with van der Waals surface area (Å²) in [7, 11) is 1.71. The second kappa shape index (κ2) is 7.54. The third-order valence-corrected chi connectivity index (χ3v) is 0.847. The lowest BCUT2D eigenvalue weighted by molar-refractivity contribution is -0.128. The highest BCUT2D eigenvalue weighted by atomic mass is 16.5. The first-order valence-electron chi connectivity index (χ1n) is 3.58. The van der Waals surface area contributed by atoms with Crippen LogP contribution in [0, 0.1) is 0 Å². The molecule has 0 spiro atoms. The van der Waals surface area contributed by atoms with E-state index in [1.807, 2.05) is 20.8 Å². The van der Waals surface area contributed by atoms with E-state index in [1.54, 1.807) is 14.0 Å². The molecule has 0 aliphatic carbocycles. The molecule has 3 heteroatoms. The molecule has 11 heavy (non-hydrogen) atoms. The van der Waals surface area contributed by atoms with Gasteiger partial charge in [-0.25, -0.2) is 0 Å². The Morgan fingerprint density at radius 1 is 1.36 bits per heavy atom. The van der Waals surface area contributed by atoms with Crippen LogP contribution in [0.4, 0.5) is 0 Å². The van der Waals surface area contributed by atoms with Gasteiger partial charge in [-0.15, -0.1) is 0 Å². The summed E-state index contributed by atoms with van der Waals surface area (Å²) in [5, 5.41) is 0. The quantitative estimate of drug-likeness (QED) is 0.579. The van der Waals surface area contributed by atoms with E-state index in [1.165, 1.54) is 0 Å². The molecule has 0 bridgehead atoms. The van der Waals surface area contributed by atoms with Crippen LogP contribution in [0.3, 0.4) is 0 Å². The minimum atomic E-state index is 0.0417. The second-order valence-electron chi connectivity index (χ2n) is 2.87. The summed E-state index contributed by atoms with van der Waals surface area (Å²) in [5.41, 5.74) is 0.0417. The Morgan fingerprint density at radius 2 is 1.73 bits per heavy atom. The molecule has 0 amide bonds. The predicted molar refractivity (Wildman–Crippen MR) is 44.5 cm³/mol. The first-order valence-corrected chi connectivity index (χ1v) is 3.58. The highest BCUT2D eigenvalue weighted by molar-refractivity contribution is 5.36. The number of methoxy groups -OCH3 is 1. The maximum Gasteiger partial charge on any atom is 0.293 e. The second-order valence-corrected chi connectivity index (χ2v) is 2.87. The first-order chi connectivity index (χ1) is 4.97. The Kier molecular flexibility index (Phi) is 8.94. The first kappa shape index (κ1) is 13.1. The molecule has 0 aliphatic heterocycles. The van der Waals surface area contributed by atoms with Gasteiger partial charge in [0.25, 0.3) is 6.47 Å². The van der Waals surface area contributed by atoms with Crippen molar-refractivity contribution in [1.29, 1.82) is 0 Å². The van der Waals surface area contributed by atoms with Crippen molar-refractivity contribution in [3.63, 3.8) is 0 Å². The van der Waals surface area contributed by atoms with E-state index in [-0.39, 0.29) is 5.60 Å². The van der Waals surface area contributed by atoms with E-state index in [0.717, 1.165) is 0 Å².